The Kier molecular flexibility index (Phi) is 9.47. The lowest BCUT2D eigenvalue weighted by atomic mass is 9.85. The first-order chi connectivity index (χ1) is 9.02. The highest BCUT2D eigenvalue weighted by molar-refractivity contribution is 7.98. The molecule has 0 aromatic carbocycles. The van der Waals surface area contributed by atoms with Crippen molar-refractivity contribution >= 4 is 23.5 Å². The Morgan fingerprint density at radius 2 is 2.00 bits per heavy atom. The fourth-order valence-corrected chi connectivity index (χ4v) is 2.18. The van der Waals surface area contributed by atoms with Crippen molar-refractivity contribution in [3.05, 3.63) is 0 Å². The van der Waals surface area contributed by atoms with E-state index in [4.69, 9.17) is 10.9 Å². The van der Waals surface area contributed by atoms with E-state index in [9.17, 15) is 4.79 Å². The van der Waals surface area contributed by atoms with Gasteiger partial charge in [0.2, 0.25) is 5.91 Å². The highest BCUT2D eigenvalue weighted by atomic mass is 32.2. The molecule has 1 unspecified atom stereocenters. The van der Waals surface area contributed by atoms with Crippen LogP contribution in [-0.4, -0.2) is 35.5 Å². The van der Waals surface area contributed by atoms with E-state index in [1.165, 1.54) is 18.6 Å². The minimum Gasteiger partial charge on any atom is -0.409 e. The molecule has 5 nitrogen and oxygen atoms in total. The lowest BCUT2D eigenvalue weighted by molar-refractivity contribution is -0.127. The minimum absolute atomic E-state index is 0.0347. The SMILES string of the molecule is CCC(C)(C(=O)NCCCCCCSC)C(N)=NO. The molecular formula is C13H27N3O2S. The van der Waals surface area contributed by atoms with Crippen LogP contribution in [0.3, 0.4) is 0 Å². The summed E-state index contributed by atoms with van der Waals surface area (Å²) < 4.78 is 0. The van der Waals surface area contributed by atoms with Crippen LogP contribution < -0.4 is 11.1 Å². The Labute approximate surface area is 120 Å². The zero-order chi connectivity index (χ0) is 14.7. The van der Waals surface area contributed by atoms with Crippen LogP contribution in [0.15, 0.2) is 5.16 Å². The van der Waals surface area contributed by atoms with Crippen LogP contribution in [0.2, 0.25) is 0 Å². The number of amides is 1. The third-order valence-corrected chi connectivity index (χ3v) is 4.14. The van der Waals surface area contributed by atoms with Crippen LogP contribution in [0.4, 0.5) is 0 Å². The summed E-state index contributed by atoms with van der Waals surface area (Å²) in [6.45, 7) is 4.18. The van der Waals surface area contributed by atoms with E-state index in [1.807, 2.05) is 18.7 Å². The Bertz CT molecular complexity index is 298. The van der Waals surface area contributed by atoms with Crippen molar-refractivity contribution < 1.29 is 10.0 Å². The van der Waals surface area contributed by atoms with E-state index in [1.54, 1.807) is 6.92 Å². The molecule has 0 aliphatic heterocycles. The van der Waals surface area contributed by atoms with Gasteiger partial charge in [-0.2, -0.15) is 11.8 Å². The second kappa shape index (κ2) is 9.95. The number of nitrogens with one attached hydrogen (secondary N) is 1. The first-order valence-corrected chi connectivity index (χ1v) is 8.17. The number of thioether (sulfide) groups is 1. The summed E-state index contributed by atoms with van der Waals surface area (Å²) in [6.07, 6.45) is 7.12. The predicted molar refractivity (Wildman–Crippen MR) is 81.7 cm³/mol. The van der Waals surface area contributed by atoms with Gasteiger partial charge in [0.1, 0.15) is 5.41 Å². The van der Waals surface area contributed by atoms with Gasteiger partial charge in [0.25, 0.3) is 0 Å². The van der Waals surface area contributed by atoms with E-state index in [0.29, 0.717) is 13.0 Å². The van der Waals surface area contributed by atoms with Crippen molar-refractivity contribution in [1.82, 2.24) is 5.32 Å². The molecule has 0 aliphatic carbocycles. The highest BCUT2D eigenvalue weighted by Crippen LogP contribution is 2.21. The fourth-order valence-electron chi connectivity index (χ4n) is 1.69. The molecule has 6 heteroatoms. The number of amidine groups is 1. The van der Waals surface area contributed by atoms with E-state index < -0.39 is 5.41 Å². The smallest absolute Gasteiger partial charge is 0.233 e. The molecule has 1 atom stereocenters. The Hall–Kier alpha value is -0.910. The van der Waals surface area contributed by atoms with Crippen LogP contribution in [0.5, 0.6) is 0 Å². The van der Waals surface area contributed by atoms with E-state index in [0.717, 1.165) is 12.8 Å². The van der Waals surface area contributed by atoms with Gasteiger partial charge in [-0.3, -0.25) is 4.79 Å². The largest absolute Gasteiger partial charge is 0.409 e. The molecule has 0 rings (SSSR count). The van der Waals surface area contributed by atoms with Crippen LogP contribution >= 0.6 is 11.8 Å². The van der Waals surface area contributed by atoms with Gasteiger partial charge in [0, 0.05) is 6.54 Å². The summed E-state index contributed by atoms with van der Waals surface area (Å²) >= 11 is 1.86. The van der Waals surface area contributed by atoms with Crippen LogP contribution in [0.25, 0.3) is 0 Å². The molecule has 0 aliphatic rings. The normalized spacial score (nSPS) is 15.0. The molecule has 0 heterocycles. The Balaban J connectivity index is 3.96. The summed E-state index contributed by atoms with van der Waals surface area (Å²) in [4.78, 5) is 12.0. The van der Waals surface area contributed by atoms with Crippen molar-refractivity contribution in [1.29, 1.82) is 0 Å². The predicted octanol–water partition coefficient (Wildman–Crippen LogP) is 2.19. The number of nitrogens with two attached hydrogens (primary N) is 1. The van der Waals surface area contributed by atoms with Crippen molar-refractivity contribution in [3.63, 3.8) is 0 Å². The van der Waals surface area contributed by atoms with Crippen LogP contribution in [0, 0.1) is 5.41 Å². The number of nitrogens with zero attached hydrogens (tertiary/aromatic N) is 1. The van der Waals surface area contributed by atoms with Gasteiger partial charge < -0.3 is 16.3 Å². The molecule has 0 fully saturated rings. The lowest BCUT2D eigenvalue weighted by Gasteiger charge is -2.25. The number of hydrogen-bond acceptors (Lipinski definition) is 4. The first kappa shape index (κ1) is 18.1. The van der Waals surface area contributed by atoms with Crippen molar-refractivity contribution in [2.24, 2.45) is 16.3 Å². The number of hydrogen-bond donors (Lipinski definition) is 3. The molecule has 4 N–H and O–H groups in total. The van der Waals surface area contributed by atoms with E-state index in [-0.39, 0.29) is 11.7 Å². The number of rotatable bonds is 10. The molecule has 0 spiro atoms. The van der Waals surface area contributed by atoms with Crippen LogP contribution in [0.1, 0.15) is 46.0 Å². The van der Waals surface area contributed by atoms with Gasteiger partial charge in [-0.15, -0.1) is 0 Å². The summed E-state index contributed by atoms with van der Waals surface area (Å²) in [5.74, 6) is 0.992. The van der Waals surface area contributed by atoms with Crippen molar-refractivity contribution in [2.45, 2.75) is 46.0 Å². The van der Waals surface area contributed by atoms with Gasteiger partial charge in [-0.25, -0.2) is 0 Å². The topological polar surface area (TPSA) is 87.7 Å². The van der Waals surface area contributed by atoms with Gasteiger partial charge in [-0.05, 0) is 38.2 Å². The average Bonchev–Trinajstić information content (AvgIpc) is 2.44. The van der Waals surface area contributed by atoms with Gasteiger partial charge in [0.05, 0.1) is 0 Å². The lowest BCUT2D eigenvalue weighted by Crippen LogP contribution is -2.47. The monoisotopic (exact) mass is 289 g/mol. The van der Waals surface area contributed by atoms with Gasteiger partial charge in [-0.1, -0.05) is 24.9 Å². The van der Waals surface area contributed by atoms with E-state index in [2.05, 4.69) is 16.7 Å². The van der Waals surface area contributed by atoms with Crippen LogP contribution in [-0.2, 0) is 4.79 Å². The third kappa shape index (κ3) is 6.18. The first-order valence-electron chi connectivity index (χ1n) is 6.78. The average molecular weight is 289 g/mol. The molecule has 1 amide bonds. The van der Waals surface area contributed by atoms with E-state index >= 15 is 0 Å². The molecule has 112 valence electrons. The summed E-state index contributed by atoms with van der Waals surface area (Å²) in [6, 6.07) is 0. The maximum absolute atomic E-state index is 12.0. The molecule has 0 aromatic heterocycles. The second-order valence-corrected chi connectivity index (χ2v) is 5.82. The van der Waals surface area contributed by atoms with Crippen molar-refractivity contribution in [3.8, 4) is 0 Å². The quantitative estimate of drug-likeness (QED) is 0.189. The van der Waals surface area contributed by atoms with Gasteiger partial charge >= 0.3 is 0 Å². The number of carbonyl (C=O) groups is 1. The number of oxime groups is 1. The molecule has 0 saturated carbocycles. The molecule has 19 heavy (non-hydrogen) atoms. The summed E-state index contributed by atoms with van der Waals surface area (Å²) in [5.41, 5.74) is 4.66. The number of unbranched alkanes of at least 4 members (excludes halogenated alkanes) is 3. The third-order valence-electron chi connectivity index (χ3n) is 3.44. The minimum atomic E-state index is -0.923. The Morgan fingerprint density at radius 3 is 2.53 bits per heavy atom. The van der Waals surface area contributed by atoms with Gasteiger partial charge in [0.15, 0.2) is 5.84 Å². The summed E-state index contributed by atoms with van der Waals surface area (Å²) in [7, 11) is 0. The standard InChI is InChI=1S/C13H27N3O2S/c1-4-13(2,11(14)16-18)12(17)15-9-7-5-6-8-10-19-3/h18H,4-10H2,1-3H3,(H2,14,16)(H,15,17). The maximum Gasteiger partial charge on any atom is 0.233 e. The zero-order valence-electron chi connectivity index (χ0n) is 12.2. The highest BCUT2D eigenvalue weighted by Gasteiger charge is 2.35. The maximum atomic E-state index is 12.0. The molecule has 0 saturated heterocycles. The number of carbonyl (C=O) groups excluding carboxylic acids is 1. The second-order valence-electron chi connectivity index (χ2n) is 4.83. The molecule has 0 aromatic rings. The molecule has 0 radical (unpaired) electrons. The Morgan fingerprint density at radius 1 is 1.37 bits per heavy atom. The molecule has 0 bridgehead atoms. The molecular weight excluding hydrogens is 262 g/mol. The fraction of sp³-hybridized carbons (Fsp3) is 0.846. The summed E-state index contributed by atoms with van der Waals surface area (Å²) in [5, 5.41) is 14.5. The zero-order valence-corrected chi connectivity index (χ0v) is 13.1. The van der Waals surface area contributed by atoms with Crippen molar-refractivity contribution in [2.75, 3.05) is 18.6 Å².